The molecule has 0 aliphatic heterocycles. The fourth-order valence-electron chi connectivity index (χ4n) is 3.00. The number of pyridine rings is 1. The molecule has 0 fully saturated rings. The Morgan fingerprint density at radius 1 is 1.00 bits per heavy atom. The molecule has 0 spiro atoms. The second-order valence-corrected chi connectivity index (χ2v) is 8.32. The Labute approximate surface area is 162 Å². The van der Waals surface area contributed by atoms with Gasteiger partial charge in [-0.3, -0.25) is 4.72 Å². The van der Waals surface area contributed by atoms with Crippen LogP contribution in [0, 0.1) is 19.7 Å². The Morgan fingerprint density at radius 3 is 2.46 bits per heavy atom. The number of anilines is 1. The zero-order chi connectivity index (χ0) is 19.9. The molecule has 0 aliphatic carbocycles. The number of rotatable bonds is 4. The van der Waals surface area contributed by atoms with Crippen molar-refractivity contribution in [2.24, 2.45) is 0 Å². The molecule has 7 heteroatoms. The molecule has 4 rings (SSSR count). The van der Waals surface area contributed by atoms with Crippen molar-refractivity contribution in [3.63, 3.8) is 0 Å². The highest BCUT2D eigenvalue weighted by Gasteiger charge is 2.16. The van der Waals surface area contributed by atoms with Gasteiger partial charge < -0.3 is 4.40 Å². The molecule has 0 bridgehead atoms. The molecular formula is C21H18FN3O2S. The van der Waals surface area contributed by atoms with Gasteiger partial charge >= 0.3 is 0 Å². The maximum atomic E-state index is 13.1. The van der Waals surface area contributed by atoms with Crippen LogP contribution in [0.15, 0.2) is 71.9 Å². The van der Waals surface area contributed by atoms with Gasteiger partial charge in [0.15, 0.2) is 0 Å². The highest BCUT2D eigenvalue weighted by atomic mass is 32.2. The topological polar surface area (TPSA) is 63.5 Å². The first-order valence-electron chi connectivity index (χ1n) is 8.67. The number of halogens is 1. The van der Waals surface area contributed by atoms with Gasteiger partial charge in [0.05, 0.1) is 16.3 Å². The van der Waals surface area contributed by atoms with Crippen molar-refractivity contribution in [2.45, 2.75) is 18.7 Å². The van der Waals surface area contributed by atoms with E-state index in [9.17, 15) is 12.8 Å². The van der Waals surface area contributed by atoms with E-state index in [0.29, 0.717) is 5.69 Å². The zero-order valence-corrected chi connectivity index (χ0v) is 16.2. The van der Waals surface area contributed by atoms with Crippen LogP contribution in [0.2, 0.25) is 0 Å². The zero-order valence-electron chi connectivity index (χ0n) is 15.3. The SMILES string of the molecule is Cc1ccc(-c2cn3cccc(C)c3n2)cc1NS(=O)(=O)c1ccc(F)cc1. The highest BCUT2D eigenvalue weighted by Crippen LogP contribution is 2.27. The lowest BCUT2D eigenvalue weighted by molar-refractivity contribution is 0.599. The molecule has 142 valence electrons. The molecule has 1 N–H and O–H groups in total. The van der Waals surface area contributed by atoms with Crippen molar-refractivity contribution in [3.8, 4) is 11.3 Å². The van der Waals surface area contributed by atoms with Gasteiger partial charge in [-0.15, -0.1) is 0 Å². The minimum absolute atomic E-state index is 0.00191. The van der Waals surface area contributed by atoms with Crippen molar-refractivity contribution < 1.29 is 12.8 Å². The summed E-state index contributed by atoms with van der Waals surface area (Å²) in [5.74, 6) is -0.487. The minimum Gasteiger partial charge on any atom is -0.306 e. The average Bonchev–Trinajstić information content (AvgIpc) is 3.09. The summed E-state index contributed by atoms with van der Waals surface area (Å²) >= 11 is 0. The van der Waals surface area contributed by atoms with Crippen molar-refractivity contribution in [3.05, 3.63) is 83.9 Å². The Kier molecular flexibility index (Phi) is 4.39. The van der Waals surface area contributed by atoms with Gasteiger partial charge in [0, 0.05) is 18.0 Å². The van der Waals surface area contributed by atoms with Crippen LogP contribution in [0.1, 0.15) is 11.1 Å². The van der Waals surface area contributed by atoms with Gasteiger partial charge in [-0.25, -0.2) is 17.8 Å². The normalized spacial score (nSPS) is 11.7. The average molecular weight is 395 g/mol. The quantitative estimate of drug-likeness (QED) is 0.551. The molecule has 2 aromatic heterocycles. The number of sulfonamides is 1. The van der Waals surface area contributed by atoms with Crippen molar-refractivity contribution >= 4 is 21.4 Å². The van der Waals surface area contributed by atoms with E-state index in [2.05, 4.69) is 9.71 Å². The minimum atomic E-state index is -3.83. The van der Waals surface area contributed by atoms with Crippen LogP contribution < -0.4 is 4.72 Å². The van der Waals surface area contributed by atoms with E-state index in [4.69, 9.17) is 0 Å². The second kappa shape index (κ2) is 6.76. The van der Waals surface area contributed by atoms with Crippen molar-refractivity contribution in [2.75, 3.05) is 4.72 Å². The predicted molar refractivity (Wildman–Crippen MR) is 107 cm³/mol. The lowest BCUT2D eigenvalue weighted by atomic mass is 10.1. The molecule has 2 heterocycles. The summed E-state index contributed by atoms with van der Waals surface area (Å²) in [6, 6.07) is 14.2. The molecule has 0 aliphatic rings. The third-order valence-electron chi connectivity index (χ3n) is 4.58. The first kappa shape index (κ1) is 18.2. The Balaban J connectivity index is 1.72. The number of hydrogen-bond donors (Lipinski definition) is 1. The molecule has 0 amide bonds. The van der Waals surface area contributed by atoms with Crippen LogP contribution in [-0.4, -0.2) is 17.8 Å². The number of hydrogen-bond acceptors (Lipinski definition) is 3. The molecule has 0 unspecified atom stereocenters. The first-order valence-corrected chi connectivity index (χ1v) is 10.2. The summed E-state index contributed by atoms with van der Waals surface area (Å²) in [6.45, 7) is 3.81. The number of nitrogens with zero attached hydrogens (tertiary/aromatic N) is 2. The maximum absolute atomic E-state index is 13.1. The number of nitrogens with one attached hydrogen (secondary N) is 1. The fourth-order valence-corrected chi connectivity index (χ4v) is 4.12. The number of benzene rings is 2. The Morgan fingerprint density at radius 2 is 1.75 bits per heavy atom. The molecule has 4 aromatic rings. The summed E-state index contributed by atoms with van der Waals surface area (Å²) in [5, 5.41) is 0. The number of fused-ring (bicyclic) bond motifs is 1. The number of aromatic nitrogens is 2. The summed E-state index contributed by atoms with van der Waals surface area (Å²) in [7, 11) is -3.83. The third kappa shape index (κ3) is 3.36. The summed E-state index contributed by atoms with van der Waals surface area (Å²) in [6.07, 6.45) is 3.83. The lowest BCUT2D eigenvalue weighted by Gasteiger charge is -2.12. The molecule has 0 saturated carbocycles. The van der Waals surface area contributed by atoms with Crippen LogP contribution in [0.3, 0.4) is 0 Å². The van der Waals surface area contributed by atoms with Crippen molar-refractivity contribution in [1.29, 1.82) is 0 Å². The van der Waals surface area contributed by atoms with E-state index in [1.54, 1.807) is 6.07 Å². The number of aryl methyl sites for hydroxylation is 2. The smallest absolute Gasteiger partial charge is 0.261 e. The molecule has 0 saturated heterocycles. The molecule has 0 radical (unpaired) electrons. The Bertz CT molecular complexity index is 1280. The van der Waals surface area contributed by atoms with E-state index in [1.807, 2.05) is 54.9 Å². The number of imidazole rings is 1. The van der Waals surface area contributed by atoms with E-state index < -0.39 is 15.8 Å². The highest BCUT2D eigenvalue weighted by molar-refractivity contribution is 7.92. The van der Waals surface area contributed by atoms with Crippen LogP contribution in [0.5, 0.6) is 0 Å². The summed E-state index contributed by atoms with van der Waals surface area (Å²) < 4.78 is 42.9. The Hall–Kier alpha value is -3.19. The van der Waals surface area contributed by atoms with Gasteiger partial charge in [-0.1, -0.05) is 18.2 Å². The van der Waals surface area contributed by atoms with E-state index in [-0.39, 0.29) is 4.90 Å². The largest absolute Gasteiger partial charge is 0.306 e. The van der Waals surface area contributed by atoms with Gasteiger partial charge in [0.25, 0.3) is 10.0 Å². The van der Waals surface area contributed by atoms with Gasteiger partial charge in [0.1, 0.15) is 11.5 Å². The van der Waals surface area contributed by atoms with Crippen LogP contribution in [0.25, 0.3) is 16.9 Å². The van der Waals surface area contributed by atoms with Gasteiger partial charge in [-0.05, 0) is 61.4 Å². The van der Waals surface area contributed by atoms with E-state index in [0.717, 1.165) is 40.2 Å². The summed E-state index contributed by atoms with van der Waals surface area (Å²) in [5.41, 5.74) is 4.68. The van der Waals surface area contributed by atoms with Crippen LogP contribution in [-0.2, 0) is 10.0 Å². The molecule has 2 aromatic carbocycles. The van der Waals surface area contributed by atoms with Crippen LogP contribution >= 0.6 is 0 Å². The molecular weight excluding hydrogens is 377 g/mol. The van der Waals surface area contributed by atoms with Crippen LogP contribution in [0.4, 0.5) is 10.1 Å². The third-order valence-corrected chi connectivity index (χ3v) is 5.96. The predicted octanol–water partition coefficient (Wildman–Crippen LogP) is 4.56. The maximum Gasteiger partial charge on any atom is 0.261 e. The van der Waals surface area contributed by atoms with Crippen molar-refractivity contribution in [1.82, 2.24) is 9.38 Å². The second-order valence-electron chi connectivity index (χ2n) is 6.64. The van der Waals surface area contributed by atoms with E-state index in [1.165, 1.54) is 12.1 Å². The van der Waals surface area contributed by atoms with Gasteiger partial charge in [0.2, 0.25) is 0 Å². The van der Waals surface area contributed by atoms with E-state index >= 15 is 0 Å². The fraction of sp³-hybridized carbons (Fsp3) is 0.0952. The first-order chi connectivity index (χ1) is 13.3. The molecule has 5 nitrogen and oxygen atoms in total. The molecule has 28 heavy (non-hydrogen) atoms. The van der Waals surface area contributed by atoms with Gasteiger partial charge in [-0.2, -0.15) is 0 Å². The monoisotopic (exact) mass is 395 g/mol. The standard InChI is InChI=1S/C21H18FN3O2S/c1-14-5-6-16(20-13-25-11-3-4-15(2)21(25)23-20)12-19(14)24-28(26,27)18-9-7-17(22)8-10-18/h3-13,24H,1-2H3. The molecule has 0 atom stereocenters. The lowest BCUT2D eigenvalue weighted by Crippen LogP contribution is -2.13. The summed E-state index contributed by atoms with van der Waals surface area (Å²) in [4.78, 5) is 4.66.